The Kier molecular flexibility index (Phi) is 6.55. The number of hydrogen-bond acceptors (Lipinski definition) is 6. The van der Waals surface area contributed by atoms with Gasteiger partial charge in [-0.15, -0.1) is 0 Å². The van der Waals surface area contributed by atoms with E-state index in [2.05, 4.69) is 5.32 Å². The number of aryl methyl sites for hydroxylation is 2. The van der Waals surface area contributed by atoms with Gasteiger partial charge in [0, 0.05) is 24.3 Å². The molecule has 0 aromatic heterocycles. The number of sulfonamides is 1. The summed E-state index contributed by atoms with van der Waals surface area (Å²) in [5.74, 6) is -0.975. The summed E-state index contributed by atoms with van der Waals surface area (Å²) in [6.45, 7) is 4.76. The predicted molar refractivity (Wildman–Crippen MR) is 111 cm³/mol. The largest absolute Gasteiger partial charge is 0.465 e. The van der Waals surface area contributed by atoms with Gasteiger partial charge in [-0.1, -0.05) is 12.1 Å². The van der Waals surface area contributed by atoms with Crippen molar-refractivity contribution in [2.75, 3.05) is 38.7 Å². The van der Waals surface area contributed by atoms with E-state index in [1.54, 1.807) is 32.0 Å². The minimum Gasteiger partial charge on any atom is -0.465 e. The van der Waals surface area contributed by atoms with Gasteiger partial charge in [0.05, 0.1) is 30.8 Å². The first-order valence-electron chi connectivity index (χ1n) is 9.43. The van der Waals surface area contributed by atoms with Crippen LogP contribution < -0.4 is 5.32 Å². The lowest BCUT2D eigenvalue weighted by molar-refractivity contribution is 0.0600. The van der Waals surface area contributed by atoms with E-state index in [9.17, 15) is 18.0 Å². The quantitative estimate of drug-likeness (QED) is 0.728. The Bertz CT molecular complexity index is 1070. The Morgan fingerprint density at radius 1 is 1.03 bits per heavy atom. The molecular formula is C21H24N2O6S. The molecule has 9 heteroatoms. The van der Waals surface area contributed by atoms with Crippen LogP contribution in [0.4, 0.5) is 5.69 Å². The van der Waals surface area contributed by atoms with Gasteiger partial charge >= 0.3 is 5.97 Å². The molecule has 1 N–H and O–H groups in total. The fraction of sp³-hybridized carbons (Fsp3) is 0.333. The lowest BCUT2D eigenvalue weighted by Crippen LogP contribution is -2.40. The van der Waals surface area contributed by atoms with Crippen LogP contribution in [0.1, 0.15) is 31.8 Å². The number of amides is 1. The first-order chi connectivity index (χ1) is 14.2. The first kappa shape index (κ1) is 21.9. The maximum Gasteiger partial charge on any atom is 0.337 e. The Morgan fingerprint density at radius 2 is 1.70 bits per heavy atom. The summed E-state index contributed by atoms with van der Waals surface area (Å²) in [5, 5.41) is 2.77. The Hall–Kier alpha value is -2.75. The maximum atomic E-state index is 12.9. The lowest BCUT2D eigenvalue weighted by atomic mass is 10.1. The van der Waals surface area contributed by atoms with Crippen LogP contribution in [0.5, 0.6) is 0 Å². The van der Waals surface area contributed by atoms with Gasteiger partial charge in [-0.3, -0.25) is 4.79 Å². The van der Waals surface area contributed by atoms with Gasteiger partial charge in [-0.2, -0.15) is 4.31 Å². The number of morpholine rings is 1. The SMILES string of the molecule is COC(=O)c1ccc(C)c(NC(=O)c2cc(S(=O)(=O)N3CCOCC3)ccc2C)c1. The van der Waals surface area contributed by atoms with Crippen LogP contribution >= 0.6 is 0 Å². The van der Waals surface area contributed by atoms with Crippen LogP contribution in [0.15, 0.2) is 41.3 Å². The third kappa shape index (κ3) is 4.53. The van der Waals surface area contributed by atoms with Crippen LogP contribution in [0, 0.1) is 13.8 Å². The van der Waals surface area contributed by atoms with Gasteiger partial charge in [-0.05, 0) is 49.2 Å². The van der Waals surface area contributed by atoms with E-state index in [0.29, 0.717) is 30.0 Å². The molecule has 1 aliphatic heterocycles. The first-order valence-corrected chi connectivity index (χ1v) is 10.9. The van der Waals surface area contributed by atoms with Gasteiger partial charge < -0.3 is 14.8 Å². The molecule has 2 aromatic carbocycles. The monoisotopic (exact) mass is 432 g/mol. The number of carbonyl (C=O) groups excluding carboxylic acids is 2. The second-order valence-corrected chi connectivity index (χ2v) is 8.91. The highest BCUT2D eigenvalue weighted by Crippen LogP contribution is 2.23. The van der Waals surface area contributed by atoms with Crippen molar-refractivity contribution in [2.45, 2.75) is 18.7 Å². The van der Waals surface area contributed by atoms with Gasteiger partial charge in [0.25, 0.3) is 5.91 Å². The van der Waals surface area contributed by atoms with Crippen LogP contribution in [-0.2, 0) is 19.5 Å². The normalized spacial score (nSPS) is 14.9. The highest BCUT2D eigenvalue weighted by molar-refractivity contribution is 7.89. The second kappa shape index (κ2) is 8.95. The number of rotatable bonds is 5. The zero-order valence-electron chi connectivity index (χ0n) is 17.1. The van der Waals surface area contributed by atoms with Crippen LogP contribution in [-0.4, -0.2) is 58.0 Å². The predicted octanol–water partition coefficient (Wildman–Crippen LogP) is 2.36. The van der Waals surface area contributed by atoms with E-state index in [0.717, 1.165) is 5.56 Å². The summed E-state index contributed by atoms with van der Waals surface area (Å²) < 4.78 is 37.1. The Labute approximate surface area is 175 Å². The van der Waals surface area contributed by atoms with Crippen LogP contribution in [0.2, 0.25) is 0 Å². The number of methoxy groups -OCH3 is 1. The summed E-state index contributed by atoms with van der Waals surface area (Å²) in [6.07, 6.45) is 0. The number of esters is 1. The topological polar surface area (TPSA) is 102 Å². The number of nitrogens with zero attached hydrogens (tertiary/aromatic N) is 1. The highest BCUT2D eigenvalue weighted by Gasteiger charge is 2.27. The summed E-state index contributed by atoms with van der Waals surface area (Å²) in [6, 6.07) is 9.34. The molecule has 1 amide bonds. The molecule has 0 spiro atoms. The van der Waals surface area contributed by atoms with Gasteiger partial charge in [-0.25, -0.2) is 13.2 Å². The molecule has 0 saturated carbocycles. The van der Waals surface area contributed by atoms with Crippen LogP contribution in [0.3, 0.4) is 0 Å². The zero-order valence-corrected chi connectivity index (χ0v) is 17.9. The van der Waals surface area contributed by atoms with Gasteiger partial charge in [0.15, 0.2) is 0 Å². The van der Waals surface area contributed by atoms with E-state index in [1.165, 1.54) is 29.6 Å². The van der Waals surface area contributed by atoms with E-state index >= 15 is 0 Å². The zero-order chi connectivity index (χ0) is 21.9. The molecule has 160 valence electrons. The van der Waals surface area contributed by atoms with Gasteiger partial charge in [0.2, 0.25) is 10.0 Å². The van der Waals surface area contributed by atoms with E-state index < -0.39 is 21.9 Å². The molecule has 1 saturated heterocycles. The molecule has 1 fully saturated rings. The molecule has 1 aliphatic rings. The van der Waals surface area contributed by atoms with Crippen LogP contribution in [0.25, 0.3) is 0 Å². The smallest absolute Gasteiger partial charge is 0.337 e. The number of nitrogens with one attached hydrogen (secondary N) is 1. The molecule has 0 aliphatic carbocycles. The van der Waals surface area contributed by atoms with Crippen molar-refractivity contribution in [3.8, 4) is 0 Å². The Morgan fingerprint density at radius 3 is 2.37 bits per heavy atom. The standard InChI is InChI=1S/C21H24N2O6S/c1-14-5-7-17(30(26,27)23-8-10-29-11-9-23)13-18(14)20(24)22-19-12-16(21(25)28-3)6-4-15(19)2/h4-7,12-13H,8-11H2,1-3H3,(H,22,24). The minimum atomic E-state index is -3.73. The molecule has 0 unspecified atom stereocenters. The number of anilines is 1. The van der Waals surface area contributed by atoms with Crippen molar-refractivity contribution in [2.24, 2.45) is 0 Å². The third-order valence-electron chi connectivity index (χ3n) is 4.97. The molecule has 0 atom stereocenters. The van der Waals surface area contributed by atoms with Crippen molar-refractivity contribution in [3.63, 3.8) is 0 Å². The van der Waals surface area contributed by atoms with E-state index in [-0.39, 0.29) is 23.5 Å². The summed E-state index contributed by atoms with van der Waals surface area (Å²) in [5.41, 5.74) is 2.38. The molecule has 8 nitrogen and oxygen atoms in total. The van der Waals surface area contributed by atoms with Crippen molar-refractivity contribution < 1.29 is 27.5 Å². The second-order valence-electron chi connectivity index (χ2n) is 6.97. The number of carbonyl (C=O) groups is 2. The van der Waals surface area contributed by atoms with Crippen molar-refractivity contribution >= 4 is 27.6 Å². The summed E-state index contributed by atoms with van der Waals surface area (Å²) in [7, 11) is -2.44. The molecule has 2 aromatic rings. The molecule has 0 bridgehead atoms. The minimum absolute atomic E-state index is 0.0557. The fourth-order valence-electron chi connectivity index (χ4n) is 3.13. The Balaban J connectivity index is 1.90. The molecular weight excluding hydrogens is 408 g/mol. The number of ether oxygens (including phenoxy) is 2. The summed E-state index contributed by atoms with van der Waals surface area (Å²) in [4.78, 5) is 24.8. The number of hydrogen-bond donors (Lipinski definition) is 1. The van der Waals surface area contributed by atoms with E-state index in [1.807, 2.05) is 0 Å². The highest BCUT2D eigenvalue weighted by atomic mass is 32.2. The third-order valence-corrected chi connectivity index (χ3v) is 6.86. The average molecular weight is 432 g/mol. The maximum absolute atomic E-state index is 12.9. The van der Waals surface area contributed by atoms with E-state index in [4.69, 9.17) is 9.47 Å². The molecule has 1 heterocycles. The summed E-state index contributed by atoms with van der Waals surface area (Å²) >= 11 is 0. The number of benzene rings is 2. The fourth-order valence-corrected chi connectivity index (χ4v) is 4.57. The van der Waals surface area contributed by atoms with Crippen molar-refractivity contribution in [1.82, 2.24) is 4.31 Å². The van der Waals surface area contributed by atoms with Crippen molar-refractivity contribution in [3.05, 3.63) is 58.7 Å². The van der Waals surface area contributed by atoms with Crippen molar-refractivity contribution in [1.29, 1.82) is 0 Å². The van der Waals surface area contributed by atoms with Gasteiger partial charge in [0.1, 0.15) is 0 Å². The molecule has 3 rings (SSSR count). The molecule has 30 heavy (non-hydrogen) atoms. The molecule has 0 radical (unpaired) electrons. The lowest BCUT2D eigenvalue weighted by Gasteiger charge is -2.26. The average Bonchev–Trinajstić information content (AvgIpc) is 2.75.